The molecule has 0 aliphatic carbocycles. The van der Waals surface area contributed by atoms with Crippen LogP contribution in [0.3, 0.4) is 0 Å². The average Bonchev–Trinajstić information content (AvgIpc) is 3.68. The number of halogens is 2. The van der Waals surface area contributed by atoms with Gasteiger partial charge in [-0.2, -0.15) is 0 Å². The molecule has 5 aromatic rings. The van der Waals surface area contributed by atoms with Gasteiger partial charge in [0, 0.05) is 90.3 Å². The molecule has 1 aliphatic rings. The molecule has 4 heterocycles. The normalized spacial score (nSPS) is 15.0. The van der Waals surface area contributed by atoms with Gasteiger partial charge in [-0.3, -0.25) is 9.78 Å². The van der Waals surface area contributed by atoms with Crippen molar-refractivity contribution in [2.75, 3.05) is 20.2 Å². The molecule has 2 atom stereocenters. The maximum absolute atomic E-state index is 13.3. The number of methoxy groups -OCH3 is 1. The van der Waals surface area contributed by atoms with Crippen LogP contribution >= 0.6 is 23.2 Å². The van der Waals surface area contributed by atoms with Crippen LogP contribution in [0.15, 0.2) is 67.0 Å². The number of aliphatic hydroxyl groups is 1. The molecule has 284 valence electrons. The summed E-state index contributed by atoms with van der Waals surface area (Å²) in [6.07, 6.45) is 3.96. The fraction of sp³-hybridized carbons (Fsp3) is 0.366. The zero-order valence-electron chi connectivity index (χ0n) is 31.4. The van der Waals surface area contributed by atoms with Crippen molar-refractivity contribution < 1.29 is 24.2 Å². The minimum absolute atomic E-state index is 0.0299. The molecule has 0 bridgehead atoms. The lowest BCUT2D eigenvalue weighted by molar-refractivity contribution is -0.119. The van der Waals surface area contributed by atoms with Gasteiger partial charge < -0.3 is 34.7 Å². The Balaban J connectivity index is 1.28. The van der Waals surface area contributed by atoms with Gasteiger partial charge in [0.2, 0.25) is 11.8 Å². The first kappa shape index (κ1) is 39.0. The number of carbonyl (C=O) groups is 2. The van der Waals surface area contributed by atoms with E-state index in [2.05, 4.69) is 38.5 Å². The van der Waals surface area contributed by atoms with Crippen molar-refractivity contribution in [3.63, 3.8) is 0 Å². The second-order valence-electron chi connectivity index (χ2n) is 14.7. The van der Waals surface area contributed by atoms with E-state index in [0.717, 1.165) is 27.6 Å². The largest absolute Gasteiger partial charge is 0.481 e. The van der Waals surface area contributed by atoms with Crippen LogP contribution in [0.2, 0.25) is 10.0 Å². The summed E-state index contributed by atoms with van der Waals surface area (Å²) >= 11 is 14.3. The van der Waals surface area contributed by atoms with E-state index in [9.17, 15) is 14.7 Å². The molecule has 11 nitrogen and oxygen atoms in total. The van der Waals surface area contributed by atoms with Gasteiger partial charge in [0.1, 0.15) is 5.60 Å². The summed E-state index contributed by atoms with van der Waals surface area (Å²) in [5.41, 5.74) is 6.32. The minimum atomic E-state index is -0.696. The van der Waals surface area contributed by atoms with Crippen LogP contribution < -0.4 is 15.4 Å². The Morgan fingerprint density at radius 2 is 1.85 bits per heavy atom. The zero-order valence-corrected chi connectivity index (χ0v) is 32.9. The Kier molecular flexibility index (Phi) is 11.8. The number of aliphatic hydroxyl groups excluding tert-OH is 1. The number of amides is 2. The van der Waals surface area contributed by atoms with E-state index in [-0.39, 0.29) is 25.0 Å². The van der Waals surface area contributed by atoms with Crippen molar-refractivity contribution in [3.8, 4) is 39.5 Å². The fourth-order valence-corrected chi connectivity index (χ4v) is 7.34. The maximum Gasteiger partial charge on any atom is 0.410 e. The molecule has 2 aromatic carbocycles. The molecular weight excluding hydrogens is 727 g/mol. The lowest BCUT2D eigenvalue weighted by Crippen LogP contribution is -2.43. The maximum atomic E-state index is 13.3. The number of aryl methyl sites for hydroxylation is 1. The van der Waals surface area contributed by atoms with Crippen LogP contribution in [0.25, 0.3) is 44.5 Å². The number of nitrogens with zero attached hydrogens (tertiary/aromatic N) is 4. The first-order valence-electron chi connectivity index (χ1n) is 17.9. The number of fused-ring (bicyclic) bond motifs is 1. The highest BCUT2D eigenvalue weighted by atomic mass is 35.5. The van der Waals surface area contributed by atoms with Crippen LogP contribution in [0.4, 0.5) is 4.79 Å². The quantitative estimate of drug-likeness (QED) is 0.117. The average molecular weight is 774 g/mol. The Labute approximate surface area is 325 Å². The summed E-state index contributed by atoms with van der Waals surface area (Å²) in [4.78, 5) is 36.3. The van der Waals surface area contributed by atoms with E-state index in [4.69, 9.17) is 37.7 Å². The lowest BCUT2D eigenvalue weighted by Gasteiger charge is -2.29. The van der Waals surface area contributed by atoms with E-state index in [1.54, 1.807) is 18.0 Å². The molecule has 13 heteroatoms. The van der Waals surface area contributed by atoms with Crippen molar-refractivity contribution >= 4 is 46.1 Å². The number of aromatic nitrogens is 3. The number of hydrogen-bond acceptors (Lipinski definition) is 8. The summed E-state index contributed by atoms with van der Waals surface area (Å²) < 4.78 is 13.5. The summed E-state index contributed by atoms with van der Waals surface area (Å²) in [6.45, 7) is 8.81. The molecule has 0 radical (unpaired) electrons. The van der Waals surface area contributed by atoms with Gasteiger partial charge in [-0.25, -0.2) is 9.78 Å². The van der Waals surface area contributed by atoms with Crippen LogP contribution in [-0.2, 0) is 29.7 Å². The molecule has 3 aromatic heterocycles. The van der Waals surface area contributed by atoms with E-state index in [1.165, 1.54) is 7.11 Å². The van der Waals surface area contributed by atoms with E-state index in [1.807, 2.05) is 70.3 Å². The second kappa shape index (κ2) is 16.4. The third-order valence-corrected chi connectivity index (χ3v) is 10.0. The molecule has 1 saturated heterocycles. The second-order valence-corrected chi connectivity index (χ2v) is 15.5. The van der Waals surface area contributed by atoms with E-state index >= 15 is 0 Å². The predicted octanol–water partition coefficient (Wildman–Crippen LogP) is 7.77. The van der Waals surface area contributed by atoms with Crippen molar-refractivity contribution in [1.82, 2.24) is 30.1 Å². The molecule has 0 unspecified atom stereocenters. The SMILES string of the molecule is COc1nc(-c2cccc(-c3ccnc(-c4ccc5c(CNC[C@H](C)O)cn(C)c5c4)c3Cl)c2Cl)ccc1CN(C[C@@H]1CCC(=O)N1)C(=O)OC(C)(C)C. The zero-order chi connectivity index (χ0) is 38.7. The van der Waals surface area contributed by atoms with Crippen LogP contribution in [0, 0.1) is 0 Å². The van der Waals surface area contributed by atoms with Gasteiger partial charge in [0.25, 0.3) is 0 Å². The fourth-order valence-electron chi connectivity index (χ4n) is 6.69. The van der Waals surface area contributed by atoms with Crippen LogP contribution in [-0.4, -0.2) is 74.5 Å². The smallest absolute Gasteiger partial charge is 0.410 e. The summed E-state index contributed by atoms with van der Waals surface area (Å²) in [5.74, 6) is 0.304. The van der Waals surface area contributed by atoms with Gasteiger partial charge in [0.05, 0.1) is 41.2 Å². The van der Waals surface area contributed by atoms with E-state index < -0.39 is 17.8 Å². The molecular formula is C41H46Cl2N6O5. The number of hydrogen-bond donors (Lipinski definition) is 3. The number of rotatable bonds is 12. The molecule has 0 saturated carbocycles. The van der Waals surface area contributed by atoms with Gasteiger partial charge in [-0.15, -0.1) is 0 Å². The molecule has 2 amide bonds. The molecule has 6 rings (SSSR count). The standard InChI is InChI=1S/C41H46Cl2N6O5/c1-24(50)19-44-20-27-21-48(5)34-18-25(10-13-29(27)34)38-37(43)31(16-17-45-38)30-8-7-9-32(36(30)42)33-14-11-26(39(47-33)53-6)22-49(40(52)54-41(2,3)4)23-28-12-15-35(51)46-28/h7-11,13-14,16-18,21,24,28,44,50H,12,15,19-20,22-23H2,1-6H3,(H,46,51)/t24-,28-/m0/s1. The Morgan fingerprint density at radius 1 is 1.09 bits per heavy atom. The highest BCUT2D eigenvalue weighted by Gasteiger charge is 2.29. The molecule has 0 spiro atoms. The highest BCUT2D eigenvalue weighted by Crippen LogP contribution is 2.42. The molecule has 3 N–H and O–H groups in total. The van der Waals surface area contributed by atoms with Gasteiger partial charge >= 0.3 is 6.09 Å². The lowest BCUT2D eigenvalue weighted by atomic mass is 9.99. The van der Waals surface area contributed by atoms with Crippen LogP contribution in [0.5, 0.6) is 5.88 Å². The number of pyridine rings is 2. The summed E-state index contributed by atoms with van der Waals surface area (Å²) in [6, 6.07) is 17.2. The van der Waals surface area contributed by atoms with Gasteiger partial charge in [-0.1, -0.05) is 53.5 Å². The van der Waals surface area contributed by atoms with Crippen molar-refractivity contribution in [1.29, 1.82) is 0 Å². The van der Waals surface area contributed by atoms with Gasteiger partial charge in [0.15, 0.2) is 0 Å². The van der Waals surface area contributed by atoms with Crippen molar-refractivity contribution in [3.05, 3.63) is 88.2 Å². The predicted molar refractivity (Wildman–Crippen MR) is 213 cm³/mol. The third-order valence-electron chi connectivity index (χ3n) is 9.23. The van der Waals surface area contributed by atoms with Crippen molar-refractivity contribution in [2.45, 2.75) is 71.4 Å². The third kappa shape index (κ3) is 8.81. The summed E-state index contributed by atoms with van der Waals surface area (Å²) in [5, 5.41) is 17.9. The molecule has 1 fully saturated rings. The van der Waals surface area contributed by atoms with E-state index in [0.29, 0.717) is 69.9 Å². The first-order chi connectivity index (χ1) is 25.7. The monoisotopic (exact) mass is 772 g/mol. The number of nitrogens with one attached hydrogen (secondary N) is 2. The molecule has 1 aliphatic heterocycles. The van der Waals surface area contributed by atoms with Crippen LogP contribution in [0.1, 0.15) is 51.7 Å². The van der Waals surface area contributed by atoms with Gasteiger partial charge in [-0.05, 0) is 63.9 Å². The highest BCUT2D eigenvalue weighted by molar-refractivity contribution is 6.39. The molecule has 54 heavy (non-hydrogen) atoms. The topological polar surface area (TPSA) is 131 Å². The number of carbonyl (C=O) groups excluding carboxylic acids is 2. The minimum Gasteiger partial charge on any atom is -0.481 e. The Hall–Kier alpha value is -4.68. The summed E-state index contributed by atoms with van der Waals surface area (Å²) in [7, 11) is 3.54. The number of ether oxygens (including phenoxy) is 2. The first-order valence-corrected chi connectivity index (χ1v) is 18.7. The number of benzene rings is 2. The Morgan fingerprint density at radius 3 is 2.56 bits per heavy atom. The Bertz CT molecular complexity index is 2180. The van der Waals surface area contributed by atoms with Crippen molar-refractivity contribution in [2.24, 2.45) is 7.05 Å².